The SMILES string of the molecule is COC(=O)c1ccc(CN2C[C@@H](N)[C@H](c3ccccc3)C2)cc1.Cl. The van der Waals surface area contributed by atoms with E-state index in [0.717, 1.165) is 19.6 Å². The van der Waals surface area contributed by atoms with Gasteiger partial charge in [0.25, 0.3) is 0 Å². The third-order valence-corrected chi connectivity index (χ3v) is 4.45. The van der Waals surface area contributed by atoms with Crippen LogP contribution in [0.4, 0.5) is 0 Å². The number of hydrogen-bond donors (Lipinski definition) is 1. The highest BCUT2D eigenvalue weighted by atomic mass is 35.5. The molecule has 0 unspecified atom stereocenters. The van der Waals surface area contributed by atoms with Gasteiger partial charge in [0.1, 0.15) is 0 Å². The third-order valence-electron chi connectivity index (χ3n) is 4.45. The lowest BCUT2D eigenvalue weighted by molar-refractivity contribution is 0.0600. The van der Waals surface area contributed by atoms with Gasteiger partial charge in [-0.15, -0.1) is 12.4 Å². The summed E-state index contributed by atoms with van der Waals surface area (Å²) in [6.07, 6.45) is 0. The van der Waals surface area contributed by atoms with Crippen LogP contribution < -0.4 is 5.73 Å². The Bertz CT molecular complexity index is 661. The van der Waals surface area contributed by atoms with Crippen molar-refractivity contribution < 1.29 is 9.53 Å². The molecule has 3 rings (SSSR count). The zero-order valence-electron chi connectivity index (χ0n) is 13.7. The van der Waals surface area contributed by atoms with Crippen LogP contribution >= 0.6 is 12.4 Å². The summed E-state index contributed by atoms with van der Waals surface area (Å²) in [6, 6.07) is 18.2. The molecule has 2 aromatic carbocycles. The highest BCUT2D eigenvalue weighted by Gasteiger charge is 2.30. The first-order valence-corrected chi connectivity index (χ1v) is 7.87. The maximum atomic E-state index is 11.5. The Morgan fingerprint density at radius 3 is 2.42 bits per heavy atom. The summed E-state index contributed by atoms with van der Waals surface area (Å²) in [5, 5.41) is 0. The average Bonchev–Trinajstić information content (AvgIpc) is 2.96. The van der Waals surface area contributed by atoms with Crippen molar-refractivity contribution >= 4 is 18.4 Å². The number of methoxy groups -OCH3 is 1. The molecule has 1 aliphatic rings. The molecule has 0 amide bonds. The van der Waals surface area contributed by atoms with Crippen LogP contribution in [0.25, 0.3) is 0 Å². The van der Waals surface area contributed by atoms with Crippen molar-refractivity contribution in [2.75, 3.05) is 20.2 Å². The van der Waals surface area contributed by atoms with Crippen LogP contribution in [0.15, 0.2) is 54.6 Å². The first-order chi connectivity index (χ1) is 11.2. The van der Waals surface area contributed by atoms with Gasteiger partial charge in [0.15, 0.2) is 0 Å². The molecule has 5 heteroatoms. The van der Waals surface area contributed by atoms with E-state index in [0.29, 0.717) is 11.5 Å². The van der Waals surface area contributed by atoms with E-state index in [1.54, 1.807) is 0 Å². The number of esters is 1. The number of benzene rings is 2. The number of carbonyl (C=O) groups excluding carboxylic acids is 1. The van der Waals surface area contributed by atoms with E-state index >= 15 is 0 Å². The van der Waals surface area contributed by atoms with Crippen molar-refractivity contribution in [1.82, 2.24) is 4.90 Å². The summed E-state index contributed by atoms with van der Waals surface area (Å²) in [5.41, 5.74) is 9.40. The van der Waals surface area contributed by atoms with E-state index in [2.05, 4.69) is 29.2 Å². The third kappa shape index (κ3) is 4.15. The van der Waals surface area contributed by atoms with Crippen LogP contribution in [0.3, 0.4) is 0 Å². The van der Waals surface area contributed by atoms with Gasteiger partial charge in [-0.2, -0.15) is 0 Å². The zero-order valence-corrected chi connectivity index (χ0v) is 14.5. The fraction of sp³-hybridized carbons (Fsp3) is 0.316. The number of hydrogen-bond acceptors (Lipinski definition) is 4. The van der Waals surface area contributed by atoms with Crippen LogP contribution in [-0.2, 0) is 11.3 Å². The molecule has 0 bridgehead atoms. The molecular weight excluding hydrogens is 324 g/mol. The van der Waals surface area contributed by atoms with Crippen LogP contribution in [-0.4, -0.2) is 37.1 Å². The van der Waals surface area contributed by atoms with E-state index in [1.807, 2.05) is 30.3 Å². The second kappa shape index (κ2) is 8.29. The minimum atomic E-state index is -0.302. The number of nitrogens with two attached hydrogens (primary N) is 1. The van der Waals surface area contributed by atoms with Crippen LogP contribution in [0.1, 0.15) is 27.4 Å². The van der Waals surface area contributed by atoms with Gasteiger partial charge >= 0.3 is 5.97 Å². The number of nitrogens with zero attached hydrogens (tertiary/aromatic N) is 1. The molecule has 0 spiro atoms. The molecule has 128 valence electrons. The van der Waals surface area contributed by atoms with Crippen molar-refractivity contribution in [3.8, 4) is 0 Å². The van der Waals surface area contributed by atoms with E-state index in [1.165, 1.54) is 18.2 Å². The lowest BCUT2D eigenvalue weighted by atomic mass is 9.95. The Balaban J connectivity index is 0.00000208. The van der Waals surface area contributed by atoms with Gasteiger partial charge in [0.2, 0.25) is 0 Å². The monoisotopic (exact) mass is 346 g/mol. The molecule has 2 aromatic rings. The van der Waals surface area contributed by atoms with Gasteiger partial charge in [-0.25, -0.2) is 4.79 Å². The first kappa shape index (κ1) is 18.5. The van der Waals surface area contributed by atoms with Gasteiger partial charge in [0.05, 0.1) is 12.7 Å². The maximum Gasteiger partial charge on any atom is 0.337 e. The minimum absolute atomic E-state index is 0. The molecule has 0 saturated carbocycles. The van der Waals surface area contributed by atoms with Crippen LogP contribution in [0, 0.1) is 0 Å². The van der Waals surface area contributed by atoms with E-state index in [-0.39, 0.29) is 24.4 Å². The fourth-order valence-electron chi connectivity index (χ4n) is 3.22. The zero-order chi connectivity index (χ0) is 16.2. The van der Waals surface area contributed by atoms with Gasteiger partial charge in [-0.1, -0.05) is 42.5 Å². The van der Waals surface area contributed by atoms with E-state index in [4.69, 9.17) is 10.5 Å². The van der Waals surface area contributed by atoms with Crippen molar-refractivity contribution in [2.24, 2.45) is 5.73 Å². The normalized spacial score (nSPS) is 20.4. The predicted octanol–water partition coefficient (Wildman–Crippen LogP) is 2.82. The summed E-state index contributed by atoms with van der Waals surface area (Å²) >= 11 is 0. The molecule has 24 heavy (non-hydrogen) atoms. The molecule has 0 radical (unpaired) electrons. The van der Waals surface area contributed by atoms with Gasteiger partial charge in [-0.05, 0) is 23.3 Å². The summed E-state index contributed by atoms with van der Waals surface area (Å²) < 4.78 is 4.72. The second-order valence-corrected chi connectivity index (χ2v) is 6.06. The molecular formula is C19H23ClN2O2. The molecule has 1 fully saturated rings. The molecule has 2 N–H and O–H groups in total. The average molecular weight is 347 g/mol. The molecule has 4 nitrogen and oxygen atoms in total. The summed E-state index contributed by atoms with van der Waals surface area (Å²) in [4.78, 5) is 13.8. The molecule has 2 atom stereocenters. The van der Waals surface area contributed by atoms with Gasteiger partial charge < -0.3 is 10.5 Å². The molecule has 0 aliphatic carbocycles. The van der Waals surface area contributed by atoms with E-state index in [9.17, 15) is 4.79 Å². The number of halogens is 1. The molecule has 1 heterocycles. The smallest absolute Gasteiger partial charge is 0.337 e. The predicted molar refractivity (Wildman–Crippen MR) is 97.5 cm³/mol. The van der Waals surface area contributed by atoms with Crippen molar-refractivity contribution in [3.63, 3.8) is 0 Å². The maximum absolute atomic E-state index is 11.5. The topological polar surface area (TPSA) is 55.6 Å². The summed E-state index contributed by atoms with van der Waals surface area (Å²) in [7, 11) is 1.39. The lowest BCUT2D eigenvalue weighted by Crippen LogP contribution is -2.28. The number of ether oxygens (including phenoxy) is 1. The van der Waals surface area contributed by atoms with Crippen molar-refractivity contribution in [1.29, 1.82) is 0 Å². The lowest BCUT2D eigenvalue weighted by Gasteiger charge is -2.16. The van der Waals surface area contributed by atoms with Crippen molar-refractivity contribution in [2.45, 2.75) is 18.5 Å². The second-order valence-electron chi connectivity index (χ2n) is 6.06. The standard InChI is InChI=1S/C19H22N2O2.ClH/c1-23-19(22)16-9-7-14(8-10-16)11-21-12-17(18(20)13-21)15-5-3-2-4-6-15;/h2-10,17-18H,11-13,20H2,1H3;1H/t17-,18+;/m0./s1. The Labute approximate surface area is 149 Å². The quantitative estimate of drug-likeness (QED) is 0.865. The molecule has 1 saturated heterocycles. The Kier molecular flexibility index (Phi) is 6.37. The minimum Gasteiger partial charge on any atom is -0.465 e. The van der Waals surface area contributed by atoms with E-state index < -0.39 is 0 Å². The Hall–Kier alpha value is -1.88. The highest BCUT2D eigenvalue weighted by molar-refractivity contribution is 5.89. The summed E-state index contributed by atoms with van der Waals surface area (Å²) in [6.45, 7) is 2.70. The van der Waals surface area contributed by atoms with Crippen molar-refractivity contribution in [3.05, 3.63) is 71.3 Å². The highest BCUT2D eigenvalue weighted by Crippen LogP contribution is 2.27. The van der Waals surface area contributed by atoms with Crippen LogP contribution in [0.5, 0.6) is 0 Å². The van der Waals surface area contributed by atoms with Gasteiger partial charge in [-0.3, -0.25) is 4.90 Å². The fourth-order valence-corrected chi connectivity index (χ4v) is 3.22. The van der Waals surface area contributed by atoms with Gasteiger partial charge in [0, 0.05) is 31.6 Å². The Morgan fingerprint density at radius 1 is 1.12 bits per heavy atom. The largest absolute Gasteiger partial charge is 0.465 e. The first-order valence-electron chi connectivity index (χ1n) is 7.87. The number of likely N-dealkylation sites (tertiary alicyclic amines) is 1. The Morgan fingerprint density at radius 2 is 1.79 bits per heavy atom. The van der Waals surface area contributed by atoms with Crippen LogP contribution in [0.2, 0.25) is 0 Å². The molecule has 1 aliphatic heterocycles. The summed E-state index contributed by atoms with van der Waals surface area (Å²) in [5.74, 6) is 0.0782. The number of rotatable bonds is 4. The molecule has 0 aromatic heterocycles. The number of carbonyl (C=O) groups is 1.